The van der Waals surface area contributed by atoms with E-state index < -0.39 is 23.9 Å². The van der Waals surface area contributed by atoms with Crippen LogP contribution in [0.3, 0.4) is 0 Å². The number of hydrogen-bond acceptors (Lipinski definition) is 6. The Morgan fingerprint density at radius 2 is 1.37 bits per heavy atom. The van der Waals surface area contributed by atoms with Gasteiger partial charge in [0, 0.05) is 25.1 Å². The van der Waals surface area contributed by atoms with Gasteiger partial charge in [-0.05, 0) is 69.5 Å². The summed E-state index contributed by atoms with van der Waals surface area (Å²) in [5, 5.41) is 34.0. The van der Waals surface area contributed by atoms with Gasteiger partial charge in [-0.25, -0.2) is 4.79 Å². The van der Waals surface area contributed by atoms with Crippen LogP contribution >= 0.6 is 0 Å². The molecule has 38 heavy (non-hydrogen) atoms. The molecule has 0 bridgehead atoms. The second kappa shape index (κ2) is 23.1. The van der Waals surface area contributed by atoms with Gasteiger partial charge in [-0.2, -0.15) is 0 Å². The first-order chi connectivity index (χ1) is 18.3. The zero-order chi connectivity index (χ0) is 28.6. The molecule has 0 spiro atoms. The first-order valence-corrected chi connectivity index (χ1v) is 14.0. The molecule has 0 aliphatic rings. The number of benzene rings is 1. The van der Waals surface area contributed by atoms with Crippen molar-refractivity contribution in [2.75, 3.05) is 26.2 Å². The van der Waals surface area contributed by atoms with Crippen molar-refractivity contribution in [3.8, 4) is 0 Å². The summed E-state index contributed by atoms with van der Waals surface area (Å²) in [5.41, 5.74) is 0.847. The summed E-state index contributed by atoms with van der Waals surface area (Å²) in [7, 11) is 0. The van der Waals surface area contributed by atoms with Gasteiger partial charge in [-0.15, -0.1) is 5.11 Å². The number of carboxylic acid groups (broad SMARTS) is 2. The molecule has 0 aromatic heterocycles. The Labute approximate surface area is 228 Å². The van der Waals surface area contributed by atoms with Gasteiger partial charge in [0.25, 0.3) is 5.91 Å². The Bertz CT molecular complexity index is 787. The van der Waals surface area contributed by atoms with Gasteiger partial charge in [0.2, 0.25) is 0 Å². The molecular formula is C28H49N5O5. The average Bonchev–Trinajstić information content (AvgIpc) is 2.90. The number of unbranched alkanes of at least 4 members (excludes halogenated alkanes) is 4. The molecule has 0 saturated carbocycles. The highest BCUT2D eigenvalue weighted by molar-refractivity contribution is 5.96. The molecule has 0 fully saturated rings. The molecule has 0 radical (unpaired) electrons. The molecule has 10 heteroatoms. The maximum absolute atomic E-state index is 12.2. The number of hydrogen-bond donors (Lipinski definition) is 4. The van der Waals surface area contributed by atoms with Gasteiger partial charge in [-0.1, -0.05) is 58.6 Å². The quantitative estimate of drug-likeness (QED) is 0.0936. The lowest BCUT2D eigenvalue weighted by atomic mass is 10.1. The van der Waals surface area contributed by atoms with Crippen LogP contribution in [-0.2, 0) is 9.59 Å². The number of nitrogens with zero attached hydrogens (tertiary/aromatic N) is 3. The highest BCUT2D eigenvalue weighted by Crippen LogP contribution is 2.15. The van der Waals surface area contributed by atoms with E-state index in [2.05, 4.69) is 48.7 Å². The molecule has 10 nitrogen and oxygen atoms in total. The predicted octanol–water partition coefficient (Wildman–Crippen LogP) is 5.81. The SMILES string of the molecule is CCCCN(CCCC)N=Nc1ccc(C(=O)NC(CCC(=O)O)C(=O)O)cc1.CCCCNCCCC. The molecule has 0 saturated heterocycles. The monoisotopic (exact) mass is 535 g/mol. The molecule has 1 rings (SSSR count). The summed E-state index contributed by atoms with van der Waals surface area (Å²) < 4.78 is 0. The highest BCUT2D eigenvalue weighted by Gasteiger charge is 2.21. The van der Waals surface area contributed by atoms with Crippen molar-refractivity contribution in [3.05, 3.63) is 29.8 Å². The predicted molar refractivity (Wildman–Crippen MR) is 151 cm³/mol. The molecule has 1 amide bonds. The summed E-state index contributed by atoms with van der Waals surface area (Å²) in [5.74, 6) is -2.98. The first-order valence-electron chi connectivity index (χ1n) is 14.0. The topological polar surface area (TPSA) is 144 Å². The van der Waals surface area contributed by atoms with Crippen LogP contribution < -0.4 is 10.6 Å². The fourth-order valence-electron chi connectivity index (χ4n) is 3.17. The molecule has 4 N–H and O–H groups in total. The van der Waals surface area contributed by atoms with Crippen LogP contribution in [0.4, 0.5) is 5.69 Å². The number of aliphatic carboxylic acids is 2. The van der Waals surface area contributed by atoms with Crippen LogP contribution in [0.25, 0.3) is 0 Å². The van der Waals surface area contributed by atoms with Gasteiger partial charge in [0.1, 0.15) is 6.04 Å². The molecule has 1 atom stereocenters. The lowest BCUT2D eigenvalue weighted by Crippen LogP contribution is -2.41. The average molecular weight is 536 g/mol. The molecular weight excluding hydrogens is 486 g/mol. The summed E-state index contributed by atoms with van der Waals surface area (Å²) in [6, 6.07) is 5.06. The van der Waals surface area contributed by atoms with Crippen molar-refractivity contribution in [1.82, 2.24) is 15.6 Å². The fraction of sp³-hybridized carbons (Fsp3) is 0.679. The van der Waals surface area contributed by atoms with Gasteiger partial charge >= 0.3 is 11.9 Å². The minimum absolute atomic E-state index is 0.186. The Morgan fingerprint density at radius 1 is 0.842 bits per heavy atom. The lowest BCUT2D eigenvalue weighted by molar-refractivity contribution is -0.140. The third-order valence-electron chi connectivity index (χ3n) is 5.62. The van der Waals surface area contributed by atoms with Crippen molar-refractivity contribution in [2.45, 2.75) is 97.9 Å². The summed E-state index contributed by atoms with van der Waals surface area (Å²) in [6.07, 6.45) is 8.95. The number of carboxylic acids is 2. The molecule has 1 aromatic carbocycles. The standard InChI is InChI=1S/C20H30N4O5.C8H19N/c1-3-5-13-24(14-6-4-2)23-22-16-9-7-15(8-10-16)19(27)21-17(20(28)29)11-12-18(25)26;1-3-5-7-9-8-6-4-2/h7-10,17H,3-6,11-14H2,1-2H3,(H,21,27)(H,25,26)(H,28,29);9H,3-8H2,1-2H3. The number of nitrogens with one attached hydrogen (secondary N) is 2. The van der Waals surface area contributed by atoms with E-state index in [-0.39, 0.29) is 18.4 Å². The first kappa shape index (κ1) is 35.0. The molecule has 216 valence electrons. The van der Waals surface area contributed by atoms with E-state index in [0.717, 1.165) is 38.8 Å². The molecule has 0 aliphatic carbocycles. The van der Waals surface area contributed by atoms with Gasteiger partial charge < -0.3 is 20.8 Å². The van der Waals surface area contributed by atoms with E-state index in [0.29, 0.717) is 5.69 Å². The summed E-state index contributed by atoms with van der Waals surface area (Å²) in [4.78, 5) is 34.0. The second-order valence-corrected chi connectivity index (χ2v) is 9.15. The van der Waals surface area contributed by atoms with Crippen LogP contribution in [0.5, 0.6) is 0 Å². The smallest absolute Gasteiger partial charge is 0.326 e. The van der Waals surface area contributed by atoms with E-state index in [4.69, 9.17) is 10.2 Å². The van der Waals surface area contributed by atoms with Gasteiger partial charge in [0.15, 0.2) is 0 Å². The normalized spacial score (nSPS) is 11.5. The van der Waals surface area contributed by atoms with E-state index in [9.17, 15) is 14.4 Å². The zero-order valence-electron chi connectivity index (χ0n) is 23.7. The van der Waals surface area contributed by atoms with Crippen molar-refractivity contribution < 1.29 is 24.6 Å². The summed E-state index contributed by atoms with van der Waals surface area (Å²) >= 11 is 0. The number of amides is 1. The molecule has 0 aliphatic heterocycles. The number of carbonyl (C=O) groups is 3. The van der Waals surface area contributed by atoms with E-state index in [1.54, 1.807) is 12.1 Å². The minimum atomic E-state index is -1.27. The number of carbonyl (C=O) groups excluding carboxylic acids is 1. The van der Waals surface area contributed by atoms with Crippen LogP contribution in [0.15, 0.2) is 34.6 Å². The Kier molecular flexibility index (Phi) is 21.3. The molecule has 1 unspecified atom stereocenters. The number of rotatable bonds is 20. The van der Waals surface area contributed by atoms with Crippen molar-refractivity contribution in [3.63, 3.8) is 0 Å². The second-order valence-electron chi connectivity index (χ2n) is 9.15. The fourth-order valence-corrected chi connectivity index (χ4v) is 3.17. The molecule has 1 aromatic rings. The Hall–Kier alpha value is -3.01. The van der Waals surface area contributed by atoms with Gasteiger partial charge in [0.05, 0.1) is 5.69 Å². The minimum Gasteiger partial charge on any atom is -0.481 e. The van der Waals surface area contributed by atoms with Crippen molar-refractivity contribution in [1.29, 1.82) is 0 Å². The van der Waals surface area contributed by atoms with E-state index in [1.807, 2.05) is 5.01 Å². The zero-order valence-corrected chi connectivity index (χ0v) is 23.7. The van der Waals surface area contributed by atoms with Gasteiger partial charge in [-0.3, -0.25) is 14.6 Å². The van der Waals surface area contributed by atoms with Crippen LogP contribution in [0.1, 0.15) is 102 Å². The van der Waals surface area contributed by atoms with Crippen molar-refractivity contribution in [2.24, 2.45) is 10.3 Å². The van der Waals surface area contributed by atoms with Crippen LogP contribution in [-0.4, -0.2) is 65.3 Å². The largest absolute Gasteiger partial charge is 0.481 e. The van der Waals surface area contributed by atoms with Crippen molar-refractivity contribution >= 4 is 23.5 Å². The lowest BCUT2D eigenvalue weighted by Gasteiger charge is -2.16. The summed E-state index contributed by atoms with van der Waals surface area (Å²) in [6.45, 7) is 12.8. The maximum atomic E-state index is 12.2. The Balaban J connectivity index is 0.00000129. The maximum Gasteiger partial charge on any atom is 0.326 e. The third kappa shape index (κ3) is 18.3. The molecule has 0 heterocycles. The van der Waals surface area contributed by atoms with Crippen LogP contribution in [0.2, 0.25) is 0 Å². The highest BCUT2D eigenvalue weighted by atomic mass is 16.4. The Morgan fingerprint density at radius 3 is 1.82 bits per heavy atom. The van der Waals surface area contributed by atoms with E-state index >= 15 is 0 Å². The van der Waals surface area contributed by atoms with E-state index in [1.165, 1.54) is 50.9 Å². The van der Waals surface area contributed by atoms with Crippen LogP contribution in [0, 0.1) is 0 Å². The third-order valence-corrected chi connectivity index (χ3v) is 5.62.